The van der Waals surface area contributed by atoms with E-state index in [4.69, 9.17) is 0 Å². The normalized spacial score (nSPS) is 25.3. The molecule has 2 heterocycles. The topological polar surface area (TPSA) is 18.5 Å². The van der Waals surface area contributed by atoms with Crippen LogP contribution in [0.3, 0.4) is 0 Å². The molecule has 0 amide bonds. The van der Waals surface area contributed by atoms with Crippen LogP contribution in [0, 0.1) is 5.92 Å². The molecule has 3 nitrogen and oxygen atoms in total. The number of piperidine rings is 2. The van der Waals surface area contributed by atoms with Gasteiger partial charge in [0.25, 0.3) is 0 Å². The zero-order valence-electron chi connectivity index (χ0n) is 13.2. The van der Waals surface area contributed by atoms with Gasteiger partial charge < -0.3 is 15.1 Å². The molecule has 112 valence electrons. The van der Waals surface area contributed by atoms with Crippen LogP contribution in [-0.4, -0.2) is 61.2 Å². The molecule has 1 N–H and O–H groups in total. The van der Waals surface area contributed by atoms with Crippen molar-refractivity contribution in [2.75, 3.05) is 39.3 Å². The fraction of sp³-hybridized carbons (Fsp3) is 1.00. The Bertz CT molecular complexity index is 238. The number of hydrogen-bond acceptors (Lipinski definition) is 3. The summed E-state index contributed by atoms with van der Waals surface area (Å²) in [5.74, 6) is 0.956. The Hall–Kier alpha value is -0.120. The maximum Gasteiger partial charge on any atom is 0.00937 e. The first-order chi connectivity index (χ1) is 9.17. The van der Waals surface area contributed by atoms with E-state index in [1.54, 1.807) is 0 Å². The van der Waals surface area contributed by atoms with Gasteiger partial charge in [-0.1, -0.05) is 20.8 Å². The molecule has 0 aromatic heterocycles. The quantitative estimate of drug-likeness (QED) is 0.824. The summed E-state index contributed by atoms with van der Waals surface area (Å²) in [6.45, 7) is 14.6. The standard InChI is InChI=1S/C16H33N3/c1-4-18-9-5-15(6-10-18)13-19-11-7-16(8-12-19)17-14(2)3/h14-17H,4-13H2,1-3H3. The van der Waals surface area contributed by atoms with Crippen molar-refractivity contribution in [1.82, 2.24) is 15.1 Å². The lowest BCUT2D eigenvalue weighted by Gasteiger charge is -2.38. The van der Waals surface area contributed by atoms with Crippen molar-refractivity contribution in [1.29, 1.82) is 0 Å². The Kier molecular flexibility index (Phi) is 6.11. The number of rotatable bonds is 5. The van der Waals surface area contributed by atoms with Crippen LogP contribution in [0.1, 0.15) is 46.5 Å². The van der Waals surface area contributed by atoms with Gasteiger partial charge in [0.05, 0.1) is 0 Å². The molecule has 0 aromatic carbocycles. The molecular weight excluding hydrogens is 234 g/mol. The molecule has 0 saturated carbocycles. The highest BCUT2D eigenvalue weighted by atomic mass is 15.2. The average molecular weight is 267 g/mol. The van der Waals surface area contributed by atoms with Crippen molar-refractivity contribution < 1.29 is 0 Å². The third-order valence-electron chi connectivity index (χ3n) is 4.83. The molecule has 2 aliphatic rings. The maximum atomic E-state index is 3.69. The summed E-state index contributed by atoms with van der Waals surface area (Å²) in [4.78, 5) is 5.31. The molecular formula is C16H33N3. The monoisotopic (exact) mass is 267 g/mol. The SMILES string of the molecule is CCN1CCC(CN2CCC(NC(C)C)CC2)CC1. The highest BCUT2D eigenvalue weighted by molar-refractivity contribution is 4.81. The van der Waals surface area contributed by atoms with Gasteiger partial charge in [-0.2, -0.15) is 0 Å². The van der Waals surface area contributed by atoms with E-state index in [0.29, 0.717) is 6.04 Å². The third kappa shape index (κ3) is 5.05. The lowest BCUT2D eigenvalue weighted by Crippen LogP contribution is -2.46. The minimum atomic E-state index is 0.634. The van der Waals surface area contributed by atoms with Crippen LogP contribution in [-0.2, 0) is 0 Å². The summed E-state index contributed by atoms with van der Waals surface area (Å²) < 4.78 is 0. The molecule has 0 spiro atoms. The number of nitrogens with zero attached hydrogens (tertiary/aromatic N) is 2. The highest BCUT2D eigenvalue weighted by Gasteiger charge is 2.24. The molecule has 2 aliphatic heterocycles. The van der Waals surface area contributed by atoms with E-state index in [1.165, 1.54) is 65.0 Å². The summed E-state index contributed by atoms with van der Waals surface area (Å²) in [7, 11) is 0. The van der Waals surface area contributed by atoms with Crippen molar-refractivity contribution in [2.45, 2.75) is 58.5 Å². The second-order valence-corrected chi connectivity index (χ2v) is 6.77. The molecule has 0 aliphatic carbocycles. The van der Waals surface area contributed by atoms with Crippen molar-refractivity contribution in [3.8, 4) is 0 Å². The van der Waals surface area contributed by atoms with E-state index in [9.17, 15) is 0 Å². The van der Waals surface area contributed by atoms with E-state index in [-0.39, 0.29) is 0 Å². The summed E-state index contributed by atoms with van der Waals surface area (Å²) in [6.07, 6.45) is 5.51. The Morgan fingerprint density at radius 1 is 0.947 bits per heavy atom. The first-order valence-electron chi connectivity index (χ1n) is 8.38. The van der Waals surface area contributed by atoms with E-state index in [1.807, 2.05) is 0 Å². The smallest absolute Gasteiger partial charge is 0.00937 e. The Morgan fingerprint density at radius 3 is 2.05 bits per heavy atom. The van der Waals surface area contributed by atoms with Crippen LogP contribution >= 0.6 is 0 Å². The minimum absolute atomic E-state index is 0.634. The van der Waals surface area contributed by atoms with Crippen molar-refractivity contribution in [2.24, 2.45) is 5.92 Å². The van der Waals surface area contributed by atoms with Gasteiger partial charge in [0, 0.05) is 18.6 Å². The summed E-state index contributed by atoms with van der Waals surface area (Å²) in [6, 6.07) is 1.40. The molecule has 2 saturated heterocycles. The molecule has 2 rings (SSSR count). The van der Waals surface area contributed by atoms with Crippen LogP contribution in [0.2, 0.25) is 0 Å². The largest absolute Gasteiger partial charge is 0.312 e. The van der Waals surface area contributed by atoms with Gasteiger partial charge >= 0.3 is 0 Å². The molecule has 2 fully saturated rings. The summed E-state index contributed by atoms with van der Waals surface area (Å²) >= 11 is 0. The zero-order valence-corrected chi connectivity index (χ0v) is 13.2. The van der Waals surface area contributed by atoms with E-state index in [2.05, 4.69) is 35.9 Å². The fourth-order valence-electron chi connectivity index (χ4n) is 3.60. The number of likely N-dealkylation sites (tertiary alicyclic amines) is 2. The van der Waals surface area contributed by atoms with E-state index in [0.717, 1.165) is 12.0 Å². The van der Waals surface area contributed by atoms with Crippen LogP contribution in [0.5, 0.6) is 0 Å². The first kappa shape index (κ1) is 15.3. The minimum Gasteiger partial charge on any atom is -0.312 e. The summed E-state index contributed by atoms with van der Waals surface area (Å²) in [5, 5.41) is 3.69. The van der Waals surface area contributed by atoms with Crippen molar-refractivity contribution >= 4 is 0 Å². The third-order valence-corrected chi connectivity index (χ3v) is 4.83. The van der Waals surface area contributed by atoms with Crippen molar-refractivity contribution in [3.63, 3.8) is 0 Å². The molecule has 19 heavy (non-hydrogen) atoms. The first-order valence-corrected chi connectivity index (χ1v) is 8.38. The van der Waals surface area contributed by atoms with E-state index >= 15 is 0 Å². The molecule has 3 heteroatoms. The van der Waals surface area contributed by atoms with Gasteiger partial charge in [0.2, 0.25) is 0 Å². The lowest BCUT2D eigenvalue weighted by molar-refractivity contribution is 0.124. The second kappa shape index (κ2) is 7.61. The van der Waals surface area contributed by atoms with Gasteiger partial charge in [-0.15, -0.1) is 0 Å². The summed E-state index contributed by atoms with van der Waals surface area (Å²) in [5.41, 5.74) is 0. The Morgan fingerprint density at radius 2 is 1.53 bits per heavy atom. The Balaban J connectivity index is 1.63. The molecule has 0 bridgehead atoms. The predicted octanol–water partition coefficient (Wildman–Crippen LogP) is 2.18. The molecule has 0 radical (unpaired) electrons. The lowest BCUT2D eigenvalue weighted by atomic mass is 9.94. The maximum absolute atomic E-state index is 3.69. The fourth-order valence-corrected chi connectivity index (χ4v) is 3.60. The Labute approximate surface area is 119 Å². The van der Waals surface area contributed by atoms with Crippen LogP contribution in [0.4, 0.5) is 0 Å². The van der Waals surface area contributed by atoms with Gasteiger partial charge in [-0.05, 0) is 64.3 Å². The number of nitrogens with one attached hydrogen (secondary N) is 1. The second-order valence-electron chi connectivity index (χ2n) is 6.77. The molecule has 0 unspecified atom stereocenters. The average Bonchev–Trinajstić information content (AvgIpc) is 2.41. The molecule has 0 atom stereocenters. The van der Waals surface area contributed by atoms with Gasteiger partial charge in [-0.25, -0.2) is 0 Å². The van der Waals surface area contributed by atoms with Gasteiger partial charge in [0.15, 0.2) is 0 Å². The van der Waals surface area contributed by atoms with Gasteiger partial charge in [-0.3, -0.25) is 0 Å². The highest BCUT2D eigenvalue weighted by Crippen LogP contribution is 2.20. The van der Waals surface area contributed by atoms with E-state index < -0.39 is 0 Å². The van der Waals surface area contributed by atoms with Gasteiger partial charge in [0.1, 0.15) is 0 Å². The van der Waals surface area contributed by atoms with Crippen molar-refractivity contribution in [3.05, 3.63) is 0 Å². The molecule has 0 aromatic rings. The van der Waals surface area contributed by atoms with Crippen LogP contribution < -0.4 is 5.32 Å². The number of hydrogen-bond donors (Lipinski definition) is 1. The van der Waals surface area contributed by atoms with Crippen LogP contribution in [0.15, 0.2) is 0 Å². The van der Waals surface area contributed by atoms with Crippen LogP contribution in [0.25, 0.3) is 0 Å². The zero-order chi connectivity index (χ0) is 13.7. The predicted molar refractivity (Wildman–Crippen MR) is 82.6 cm³/mol.